The molecule has 0 saturated carbocycles. The minimum Gasteiger partial charge on any atom is -0.437 e. The summed E-state index contributed by atoms with van der Waals surface area (Å²) in [7, 11) is 0. The molecular formula is C14H14BrClN2O. The Kier molecular flexibility index (Phi) is 4.42. The maximum atomic E-state index is 6.10. The first-order valence-electron chi connectivity index (χ1n) is 5.94. The highest BCUT2D eigenvalue weighted by molar-refractivity contribution is 9.10. The van der Waals surface area contributed by atoms with E-state index in [-0.39, 0.29) is 5.92 Å². The van der Waals surface area contributed by atoms with Gasteiger partial charge in [0, 0.05) is 22.2 Å². The van der Waals surface area contributed by atoms with Crippen molar-refractivity contribution in [2.24, 2.45) is 0 Å². The van der Waals surface area contributed by atoms with Gasteiger partial charge in [-0.3, -0.25) is 0 Å². The molecule has 0 saturated heterocycles. The van der Waals surface area contributed by atoms with Gasteiger partial charge >= 0.3 is 0 Å². The van der Waals surface area contributed by atoms with Gasteiger partial charge in [0.1, 0.15) is 11.6 Å². The number of aromatic nitrogens is 2. The zero-order chi connectivity index (χ0) is 14.0. The number of ether oxygens (including phenoxy) is 1. The lowest BCUT2D eigenvalue weighted by atomic mass is 10.2. The molecule has 0 aliphatic heterocycles. The summed E-state index contributed by atoms with van der Waals surface area (Å²) in [4.78, 5) is 8.77. The Morgan fingerprint density at radius 3 is 2.63 bits per heavy atom. The Labute approximate surface area is 126 Å². The molecule has 0 N–H and O–H groups in total. The van der Waals surface area contributed by atoms with Crippen LogP contribution in [0, 0.1) is 6.92 Å². The van der Waals surface area contributed by atoms with Crippen molar-refractivity contribution >= 4 is 27.5 Å². The summed E-state index contributed by atoms with van der Waals surface area (Å²) in [6.45, 7) is 6.01. The first-order valence-corrected chi connectivity index (χ1v) is 7.11. The Hall–Kier alpha value is -1.13. The highest BCUT2D eigenvalue weighted by atomic mass is 79.9. The van der Waals surface area contributed by atoms with Crippen LogP contribution in [-0.2, 0) is 0 Å². The molecule has 1 aromatic heterocycles. The fourth-order valence-electron chi connectivity index (χ4n) is 1.54. The third kappa shape index (κ3) is 3.67. The highest BCUT2D eigenvalue weighted by Gasteiger charge is 2.09. The number of hydrogen-bond donors (Lipinski definition) is 0. The van der Waals surface area contributed by atoms with Crippen LogP contribution in [0.1, 0.15) is 31.3 Å². The summed E-state index contributed by atoms with van der Waals surface area (Å²) in [5.74, 6) is 2.10. The van der Waals surface area contributed by atoms with Crippen LogP contribution in [0.4, 0.5) is 0 Å². The normalized spacial score (nSPS) is 10.8. The van der Waals surface area contributed by atoms with E-state index < -0.39 is 0 Å². The third-order valence-corrected chi connectivity index (χ3v) is 3.28. The SMILES string of the molecule is Cc1cc(Oc2cc(Br)ccc2Cl)nc(C(C)C)n1. The van der Waals surface area contributed by atoms with Crippen molar-refractivity contribution in [3.63, 3.8) is 0 Å². The van der Waals surface area contributed by atoms with Crippen molar-refractivity contribution in [1.29, 1.82) is 0 Å². The van der Waals surface area contributed by atoms with Crippen molar-refractivity contribution in [1.82, 2.24) is 9.97 Å². The van der Waals surface area contributed by atoms with Crippen LogP contribution >= 0.6 is 27.5 Å². The van der Waals surface area contributed by atoms with Gasteiger partial charge in [-0.1, -0.05) is 41.4 Å². The van der Waals surface area contributed by atoms with Crippen molar-refractivity contribution in [3.05, 3.63) is 45.3 Å². The quantitative estimate of drug-likeness (QED) is 0.777. The van der Waals surface area contributed by atoms with E-state index in [1.165, 1.54) is 0 Å². The number of hydrogen-bond acceptors (Lipinski definition) is 3. The second kappa shape index (κ2) is 5.88. The average molecular weight is 342 g/mol. The lowest BCUT2D eigenvalue weighted by Crippen LogP contribution is -2.01. The second-order valence-electron chi connectivity index (χ2n) is 4.54. The molecule has 0 spiro atoms. The van der Waals surface area contributed by atoms with E-state index in [1.807, 2.05) is 32.9 Å². The van der Waals surface area contributed by atoms with Crippen molar-refractivity contribution in [3.8, 4) is 11.6 Å². The maximum absolute atomic E-state index is 6.10. The molecule has 2 rings (SSSR count). The van der Waals surface area contributed by atoms with Gasteiger partial charge in [-0.25, -0.2) is 4.98 Å². The van der Waals surface area contributed by atoms with Gasteiger partial charge in [-0.15, -0.1) is 0 Å². The van der Waals surface area contributed by atoms with Gasteiger partial charge in [-0.2, -0.15) is 4.98 Å². The number of benzene rings is 1. The largest absolute Gasteiger partial charge is 0.437 e. The van der Waals surface area contributed by atoms with Crippen LogP contribution in [0.5, 0.6) is 11.6 Å². The van der Waals surface area contributed by atoms with Crippen molar-refractivity contribution in [2.45, 2.75) is 26.7 Å². The number of halogens is 2. The minimum absolute atomic E-state index is 0.250. The van der Waals surface area contributed by atoms with Gasteiger partial charge in [0.25, 0.3) is 0 Å². The maximum Gasteiger partial charge on any atom is 0.222 e. The summed E-state index contributed by atoms with van der Waals surface area (Å²) >= 11 is 9.49. The fourth-order valence-corrected chi connectivity index (χ4v) is 2.04. The molecule has 0 amide bonds. The molecule has 0 fully saturated rings. The Morgan fingerprint density at radius 2 is 1.95 bits per heavy atom. The summed E-state index contributed by atoms with van der Waals surface area (Å²) in [5.41, 5.74) is 0.875. The van der Waals surface area contributed by atoms with E-state index in [4.69, 9.17) is 16.3 Å². The fraction of sp³-hybridized carbons (Fsp3) is 0.286. The Balaban J connectivity index is 2.35. The lowest BCUT2D eigenvalue weighted by Gasteiger charge is -2.10. The average Bonchev–Trinajstić information content (AvgIpc) is 2.33. The predicted octanol–water partition coefficient (Wildman–Crippen LogP) is 5.12. The topological polar surface area (TPSA) is 35.0 Å². The van der Waals surface area contributed by atoms with Gasteiger partial charge in [0.15, 0.2) is 0 Å². The van der Waals surface area contributed by atoms with Crippen LogP contribution in [0.3, 0.4) is 0 Å². The Bertz CT molecular complexity index is 602. The van der Waals surface area contributed by atoms with Crippen LogP contribution in [0.25, 0.3) is 0 Å². The molecule has 1 heterocycles. The van der Waals surface area contributed by atoms with E-state index in [9.17, 15) is 0 Å². The zero-order valence-corrected chi connectivity index (χ0v) is 13.3. The van der Waals surface area contributed by atoms with E-state index in [0.717, 1.165) is 16.0 Å². The van der Waals surface area contributed by atoms with Gasteiger partial charge in [0.2, 0.25) is 5.88 Å². The molecule has 0 bridgehead atoms. The van der Waals surface area contributed by atoms with Gasteiger partial charge in [-0.05, 0) is 25.1 Å². The molecule has 0 unspecified atom stereocenters. The van der Waals surface area contributed by atoms with E-state index >= 15 is 0 Å². The molecule has 100 valence electrons. The molecule has 0 radical (unpaired) electrons. The van der Waals surface area contributed by atoms with Crippen LogP contribution in [-0.4, -0.2) is 9.97 Å². The van der Waals surface area contributed by atoms with Crippen LogP contribution in [0.2, 0.25) is 5.02 Å². The number of nitrogens with zero attached hydrogens (tertiary/aromatic N) is 2. The summed E-state index contributed by atoms with van der Waals surface area (Å²) in [5, 5.41) is 0.547. The molecule has 5 heteroatoms. The minimum atomic E-state index is 0.250. The lowest BCUT2D eigenvalue weighted by molar-refractivity contribution is 0.456. The summed E-state index contributed by atoms with van der Waals surface area (Å²) in [6.07, 6.45) is 0. The van der Waals surface area contributed by atoms with Crippen LogP contribution in [0.15, 0.2) is 28.7 Å². The van der Waals surface area contributed by atoms with Crippen molar-refractivity contribution < 1.29 is 4.74 Å². The number of rotatable bonds is 3. The summed E-state index contributed by atoms with van der Waals surface area (Å²) in [6, 6.07) is 7.25. The first-order chi connectivity index (χ1) is 8.95. The monoisotopic (exact) mass is 340 g/mol. The van der Waals surface area contributed by atoms with Gasteiger partial charge < -0.3 is 4.74 Å². The molecule has 0 aliphatic carbocycles. The third-order valence-electron chi connectivity index (χ3n) is 2.47. The zero-order valence-electron chi connectivity index (χ0n) is 10.9. The van der Waals surface area contributed by atoms with E-state index in [2.05, 4.69) is 25.9 Å². The molecule has 0 atom stereocenters. The highest BCUT2D eigenvalue weighted by Crippen LogP contribution is 2.31. The smallest absolute Gasteiger partial charge is 0.222 e. The molecule has 19 heavy (non-hydrogen) atoms. The molecule has 2 aromatic rings. The van der Waals surface area contributed by atoms with E-state index in [0.29, 0.717) is 16.7 Å². The molecule has 0 aliphatic rings. The standard InChI is InChI=1S/C14H14BrClN2O/c1-8(2)14-17-9(3)6-13(18-14)19-12-7-10(15)4-5-11(12)16/h4-8H,1-3H3. The van der Waals surface area contributed by atoms with Crippen LogP contribution < -0.4 is 4.74 Å². The Morgan fingerprint density at radius 1 is 1.21 bits per heavy atom. The second-order valence-corrected chi connectivity index (χ2v) is 5.86. The predicted molar refractivity (Wildman–Crippen MR) is 80.1 cm³/mol. The first kappa shape index (κ1) is 14.3. The van der Waals surface area contributed by atoms with Crippen molar-refractivity contribution in [2.75, 3.05) is 0 Å². The molecule has 1 aromatic carbocycles. The summed E-state index contributed by atoms with van der Waals surface area (Å²) < 4.78 is 6.65. The van der Waals surface area contributed by atoms with E-state index in [1.54, 1.807) is 12.1 Å². The van der Waals surface area contributed by atoms with Gasteiger partial charge in [0.05, 0.1) is 5.02 Å². The number of aryl methyl sites for hydroxylation is 1. The molecule has 3 nitrogen and oxygen atoms in total. The molecular weight excluding hydrogens is 328 g/mol.